The van der Waals surface area contributed by atoms with Gasteiger partial charge in [0.1, 0.15) is 0 Å². The second-order valence-electron chi connectivity index (χ2n) is 14.5. The quantitative estimate of drug-likeness (QED) is 0.130. The minimum atomic E-state index is 0. The van der Waals surface area contributed by atoms with Crippen LogP contribution in [0.15, 0.2) is 164 Å². The smallest absolute Gasteiger partial charge is 0.0246 e. The van der Waals surface area contributed by atoms with E-state index in [1.165, 1.54) is 69.2 Å². The van der Waals surface area contributed by atoms with Gasteiger partial charge in [-0.25, -0.2) is 0 Å². The molecular formula is C50H36IrN2S-2. The molecule has 2 nitrogen and oxygen atoms in total. The van der Waals surface area contributed by atoms with Crippen LogP contribution in [0.25, 0.3) is 86.1 Å². The number of thiophene rings is 1. The molecule has 263 valence electrons. The standard InChI is InChI=1S/C29H16NS.C21H20N.Ir/c1-2-6-20-18(5-1)9-11-22-21(20)13-14-26-23(22)15-16-30-29(26)19-10-12-25-24-7-3-4-8-27(24)31-28(25)17-19;1-21(2,3)19-12-13-22-20(15-19)18-11-7-10-17(14-18)16-8-5-4-6-9-16;/h1-9,11-17H;4-10,12-15H,1-3H3;/q2*-1;. The van der Waals surface area contributed by atoms with Gasteiger partial charge in [-0.1, -0.05) is 129 Å². The number of pyridine rings is 2. The van der Waals surface area contributed by atoms with Crippen LogP contribution in [0.2, 0.25) is 0 Å². The number of nitrogens with zero attached hydrogens (tertiary/aromatic N) is 2. The fourth-order valence-electron chi connectivity index (χ4n) is 7.24. The molecule has 54 heavy (non-hydrogen) atoms. The van der Waals surface area contributed by atoms with Crippen LogP contribution in [-0.4, -0.2) is 9.97 Å². The monoisotopic (exact) mass is 889 g/mol. The van der Waals surface area contributed by atoms with Crippen molar-refractivity contribution in [3.63, 3.8) is 0 Å². The van der Waals surface area contributed by atoms with Gasteiger partial charge in [-0.05, 0) is 88.5 Å². The zero-order valence-electron chi connectivity index (χ0n) is 30.2. The van der Waals surface area contributed by atoms with Crippen LogP contribution < -0.4 is 0 Å². The Morgan fingerprint density at radius 3 is 2.06 bits per heavy atom. The van der Waals surface area contributed by atoms with Gasteiger partial charge in [-0.15, -0.1) is 59.2 Å². The third kappa shape index (κ3) is 6.74. The molecule has 0 saturated carbocycles. The molecule has 0 saturated heterocycles. The van der Waals surface area contributed by atoms with E-state index >= 15 is 0 Å². The maximum Gasteiger partial charge on any atom is 0.0246 e. The Hall–Kier alpha value is -5.51. The molecular weight excluding hydrogens is 853 g/mol. The van der Waals surface area contributed by atoms with Crippen LogP contribution in [0.3, 0.4) is 0 Å². The summed E-state index contributed by atoms with van der Waals surface area (Å²) in [6.07, 6.45) is 3.81. The van der Waals surface area contributed by atoms with E-state index in [2.05, 4.69) is 177 Å². The van der Waals surface area contributed by atoms with E-state index in [-0.39, 0.29) is 25.5 Å². The largest absolute Gasteiger partial charge is 0.305 e. The Morgan fingerprint density at radius 1 is 0.500 bits per heavy atom. The summed E-state index contributed by atoms with van der Waals surface area (Å²) < 4.78 is 2.59. The van der Waals surface area contributed by atoms with Crippen molar-refractivity contribution in [3.8, 4) is 33.6 Å². The van der Waals surface area contributed by atoms with E-state index in [1.807, 2.05) is 35.9 Å². The Bertz CT molecular complexity index is 2940. The summed E-state index contributed by atoms with van der Waals surface area (Å²) in [4.78, 5) is 9.31. The van der Waals surface area contributed by atoms with Crippen LogP contribution >= 0.6 is 11.3 Å². The van der Waals surface area contributed by atoms with Gasteiger partial charge >= 0.3 is 0 Å². The van der Waals surface area contributed by atoms with Crippen LogP contribution in [0.4, 0.5) is 0 Å². The summed E-state index contributed by atoms with van der Waals surface area (Å²) in [5.74, 6) is 0. The second-order valence-corrected chi connectivity index (χ2v) is 15.5. The molecule has 7 aromatic carbocycles. The molecule has 0 atom stereocenters. The average molecular weight is 889 g/mol. The molecule has 1 radical (unpaired) electrons. The minimum Gasteiger partial charge on any atom is -0.305 e. The van der Waals surface area contributed by atoms with Crippen molar-refractivity contribution in [1.29, 1.82) is 0 Å². The first-order valence-electron chi connectivity index (χ1n) is 18.0. The predicted molar refractivity (Wildman–Crippen MR) is 227 cm³/mol. The minimum absolute atomic E-state index is 0. The SMILES string of the molecule is CC(C)(C)c1ccnc(-c2[c-]ccc(-c3ccccc3)c2)c1.[Ir].[c-]1cc2c(cc1-c1nccc3c1ccc1c4ccccc4ccc31)sc1ccccc12. The van der Waals surface area contributed by atoms with Gasteiger partial charge in [0.2, 0.25) is 0 Å². The van der Waals surface area contributed by atoms with Gasteiger partial charge in [0.25, 0.3) is 0 Å². The molecule has 10 rings (SSSR count). The Morgan fingerprint density at radius 2 is 1.20 bits per heavy atom. The maximum atomic E-state index is 4.78. The molecule has 0 bridgehead atoms. The van der Waals surface area contributed by atoms with Crippen molar-refractivity contribution < 1.29 is 20.1 Å². The second kappa shape index (κ2) is 14.7. The van der Waals surface area contributed by atoms with Crippen molar-refractivity contribution in [2.45, 2.75) is 26.2 Å². The fraction of sp³-hybridized carbons (Fsp3) is 0.0800. The Labute approximate surface area is 333 Å². The predicted octanol–water partition coefficient (Wildman–Crippen LogP) is 13.9. The fourth-order valence-corrected chi connectivity index (χ4v) is 8.36. The van der Waals surface area contributed by atoms with Gasteiger partial charge in [0, 0.05) is 37.2 Å². The van der Waals surface area contributed by atoms with E-state index < -0.39 is 0 Å². The van der Waals surface area contributed by atoms with Crippen molar-refractivity contribution in [2.24, 2.45) is 0 Å². The van der Waals surface area contributed by atoms with Crippen LogP contribution in [0, 0.1) is 12.1 Å². The van der Waals surface area contributed by atoms with Gasteiger partial charge in [-0.3, -0.25) is 0 Å². The molecule has 4 heteroatoms. The van der Waals surface area contributed by atoms with E-state index in [0.717, 1.165) is 22.5 Å². The van der Waals surface area contributed by atoms with Gasteiger partial charge in [0.15, 0.2) is 0 Å². The zero-order valence-corrected chi connectivity index (χ0v) is 33.4. The van der Waals surface area contributed by atoms with Crippen molar-refractivity contribution >= 4 is 63.8 Å². The maximum absolute atomic E-state index is 4.78. The molecule has 0 N–H and O–H groups in total. The van der Waals surface area contributed by atoms with Crippen LogP contribution in [0.1, 0.15) is 26.3 Å². The molecule has 3 heterocycles. The number of fused-ring (bicyclic) bond motifs is 8. The Balaban J connectivity index is 0.000000160. The number of hydrogen-bond donors (Lipinski definition) is 0. The first kappa shape index (κ1) is 35.5. The normalized spacial score (nSPS) is 11.5. The molecule has 0 unspecified atom stereocenters. The molecule has 0 aliphatic heterocycles. The number of hydrogen-bond acceptors (Lipinski definition) is 3. The first-order valence-corrected chi connectivity index (χ1v) is 18.8. The summed E-state index contributed by atoms with van der Waals surface area (Å²) in [6.45, 7) is 6.66. The van der Waals surface area contributed by atoms with E-state index in [9.17, 15) is 0 Å². The molecule has 10 aromatic rings. The van der Waals surface area contributed by atoms with Crippen LogP contribution in [0.5, 0.6) is 0 Å². The van der Waals surface area contributed by atoms with Gasteiger partial charge < -0.3 is 9.97 Å². The molecule has 0 aliphatic rings. The molecule has 0 spiro atoms. The summed E-state index contributed by atoms with van der Waals surface area (Å²) in [6, 6.07) is 60.3. The molecule has 0 amide bonds. The molecule has 3 aromatic heterocycles. The topological polar surface area (TPSA) is 25.8 Å². The number of benzene rings is 7. The Kier molecular flexibility index (Phi) is 9.68. The van der Waals surface area contributed by atoms with Crippen molar-refractivity contribution in [2.75, 3.05) is 0 Å². The summed E-state index contributed by atoms with van der Waals surface area (Å²) in [7, 11) is 0. The van der Waals surface area contributed by atoms with E-state index in [4.69, 9.17) is 4.98 Å². The average Bonchev–Trinajstić information content (AvgIpc) is 3.59. The molecule has 0 fully saturated rings. The van der Waals surface area contributed by atoms with Crippen molar-refractivity contribution in [1.82, 2.24) is 9.97 Å². The summed E-state index contributed by atoms with van der Waals surface area (Å²) >= 11 is 1.83. The first-order chi connectivity index (χ1) is 25.9. The van der Waals surface area contributed by atoms with Gasteiger partial charge in [-0.2, -0.15) is 11.3 Å². The molecule has 0 aliphatic carbocycles. The third-order valence-corrected chi connectivity index (χ3v) is 11.2. The van der Waals surface area contributed by atoms with E-state index in [1.54, 1.807) is 0 Å². The van der Waals surface area contributed by atoms with Gasteiger partial charge in [0.05, 0.1) is 0 Å². The van der Waals surface area contributed by atoms with Crippen LogP contribution in [-0.2, 0) is 25.5 Å². The number of aromatic nitrogens is 2. The third-order valence-electron chi connectivity index (χ3n) is 10.0. The zero-order chi connectivity index (χ0) is 35.9. The summed E-state index contributed by atoms with van der Waals surface area (Å²) in [5, 5.41) is 10.1. The van der Waals surface area contributed by atoms with Crippen molar-refractivity contribution in [3.05, 3.63) is 182 Å². The summed E-state index contributed by atoms with van der Waals surface area (Å²) in [5.41, 5.74) is 7.86. The number of rotatable bonds is 3. The van der Waals surface area contributed by atoms with E-state index in [0.29, 0.717) is 0 Å².